The minimum Gasteiger partial charge on any atom is -0.435 e. The maximum absolute atomic E-state index is 5.49. The highest BCUT2D eigenvalue weighted by Crippen LogP contribution is 2.32. The molecule has 0 fully saturated rings. The van der Waals surface area contributed by atoms with Gasteiger partial charge in [-0.3, -0.25) is 0 Å². The second-order valence-electron chi connectivity index (χ2n) is 2.55. The van der Waals surface area contributed by atoms with Gasteiger partial charge >= 0.3 is 10.0 Å². The van der Waals surface area contributed by atoms with Crippen LogP contribution in [0.3, 0.4) is 0 Å². The van der Waals surface area contributed by atoms with Crippen molar-refractivity contribution in [2.45, 2.75) is 12.0 Å². The van der Waals surface area contributed by atoms with Crippen molar-refractivity contribution >= 4 is 29.5 Å². The molecule has 0 aliphatic rings. The van der Waals surface area contributed by atoms with Crippen LogP contribution in [0.15, 0.2) is 37.6 Å². The monoisotopic (exact) mass is 224 g/mol. The minimum absolute atomic E-state index is 0.0263. The van der Waals surface area contributed by atoms with Crippen molar-refractivity contribution in [1.82, 2.24) is 0 Å². The van der Waals surface area contributed by atoms with E-state index in [1.807, 2.05) is 24.8 Å². The van der Waals surface area contributed by atoms with E-state index in [0.717, 1.165) is 0 Å². The molecule has 0 rings (SSSR count). The topological polar surface area (TPSA) is 18.5 Å². The molecule has 0 unspecified atom stereocenters. The zero-order chi connectivity index (χ0) is 10.3. The van der Waals surface area contributed by atoms with Crippen molar-refractivity contribution in [3.8, 4) is 0 Å². The predicted octanol–water partition coefficient (Wildman–Crippen LogP) is 1.49. The highest BCUT2D eigenvalue weighted by atomic mass is 28.4. The van der Waals surface area contributed by atoms with E-state index in [-0.39, 0.29) is 15.0 Å². The number of allylic oxidation sites excluding steroid dienone is 2. The fraction of sp³-hybridized carbons (Fsp3) is 0.250. The molecule has 0 atom stereocenters. The van der Waals surface area contributed by atoms with Gasteiger partial charge in [-0.2, -0.15) is 0 Å². The van der Waals surface area contributed by atoms with Crippen LogP contribution in [-0.4, -0.2) is 29.5 Å². The standard InChI is InChI=1S/C8H12O2Si3/c1-5-8(4,6-2)13(7-3)10-12-9-11/h5-7H,1-3H2,4H3. The molecule has 13 heavy (non-hydrogen) atoms. The lowest BCUT2D eigenvalue weighted by Crippen LogP contribution is -2.31. The quantitative estimate of drug-likeness (QED) is 0.482. The third-order valence-corrected chi connectivity index (χ3v) is 5.14. The molecule has 0 aromatic carbocycles. The lowest BCUT2D eigenvalue weighted by atomic mass is 10.2. The fourth-order valence-electron chi connectivity index (χ4n) is 0.722. The van der Waals surface area contributed by atoms with Crippen LogP contribution in [0.4, 0.5) is 0 Å². The van der Waals surface area contributed by atoms with Gasteiger partial charge in [0, 0.05) is 5.04 Å². The molecule has 0 aromatic heterocycles. The molecule has 0 bridgehead atoms. The molecule has 0 aromatic rings. The minimum atomic E-state index is -1.20. The van der Waals surface area contributed by atoms with Crippen LogP contribution in [-0.2, 0) is 8.23 Å². The summed E-state index contributed by atoms with van der Waals surface area (Å²) in [5.74, 6) is 0. The summed E-state index contributed by atoms with van der Waals surface area (Å²) in [6, 6.07) is 0. The highest BCUT2D eigenvalue weighted by Gasteiger charge is 2.30. The zero-order valence-electron chi connectivity index (χ0n) is 7.67. The van der Waals surface area contributed by atoms with Gasteiger partial charge in [-0.25, -0.2) is 0 Å². The Bertz CT molecular complexity index is 186. The van der Waals surface area contributed by atoms with Crippen molar-refractivity contribution in [3.05, 3.63) is 37.6 Å². The molecule has 0 aliphatic carbocycles. The number of hydrogen-bond donors (Lipinski definition) is 0. The van der Waals surface area contributed by atoms with Crippen LogP contribution < -0.4 is 0 Å². The molecule has 0 saturated carbocycles. The first kappa shape index (κ1) is 12.8. The second kappa shape index (κ2) is 6.28. The average molecular weight is 224 g/mol. The van der Waals surface area contributed by atoms with E-state index < -0.39 is 9.04 Å². The van der Waals surface area contributed by atoms with Gasteiger partial charge in [-0.1, -0.05) is 24.8 Å². The predicted molar refractivity (Wildman–Crippen MR) is 58.4 cm³/mol. The Kier molecular flexibility index (Phi) is 6.17. The summed E-state index contributed by atoms with van der Waals surface area (Å²) in [5, 5.41) is -0.204. The van der Waals surface area contributed by atoms with Crippen LogP contribution in [0.2, 0.25) is 5.04 Å². The third-order valence-electron chi connectivity index (χ3n) is 1.76. The van der Waals surface area contributed by atoms with E-state index in [0.29, 0.717) is 0 Å². The third kappa shape index (κ3) is 3.57. The average Bonchev–Trinajstić information content (AvgIpc) is 2.18. The molecule has 0 amide bonds. The Labute approximate surface area is 87.7 Å². The number of hydrogen-bond acceptors (Lipinski definition) is 2. The first-order chi connectivity index (χ1) is 6.14. The first-order valence-electron chi connectivity index (χ1n) is 3.66. The molecule has 0 aliphatic heterocycles. The Hall–Kier alpha value is -0.209. The Morgan fingerprint density at radius 1 is 1.38 bits per heavy atom. The summed E-state index contributed by atoms with van der Waals surface area (Å²) >= 11 is 0. The van der Waals surface area contributed by atoms with Gasteiger partial charge in [-0.05, 0) is 0 Å². The Morgan fingerprint density at radius 3 is 2.23 bits per heavy atom. The molecule has 5 heteroatoms. The molecular weight excluding hydrogens is 212 g/mol. The molecule has 68 valence electrons. The summed E-state index contributed by atoms with van der Waals surface area (Å²) < 4.78 is 10.2. The van der Waals surface area contributed by atoms with Gasteiger partial charge in [0.15, 0.2) is 0 Å². The summed E-state index contributed by atoms with van der Waals surface area (Å²) in [7, 11) is 1.65. The van der Waals surface area contributed by atoms with Gasteiger partial charge < -0.3 is 8.23 Å². The van der Waals surface area contributed by atoms with E-state index in [9.17, 15) is 0 Å². The van der Waals surface area contributed by atoms with Crippen molar-refractivity contribution in [3.63, 3.8) is 0 Å². The summed E-state index contributed by atoms with van der Waals surface area (Å²) in [5.41, 5.74) is 1.81. The molecule has 0 heterocycles. The zero-order valence-corrected chi connectivity index (χ0v) is 10.7. The van der Waals surface area contributed by atoms with Crippen molar-refractivity contribution < 1.29 is 8.23 Å². The molecule has 0 saturated heterocycles. The van der Waals surface area contributed by atoms with Crippen molar-refractivity contribution in [1.29, 1.82) is 0 Å². The van der Waals surface area contributed by atoms with Crippen LogP contribution in [0.1, 0.15) is 6.92 Å². The lowest BCUT2D eigenvalue weighted by Gasteiger charge is -2.26. The van der Waals surface area contributed by atoms with Gasteiger partial charge in [0.1, 0.15) is 0 Å². The fourth-order valence-corrected chi connectivity index (χ4v) is 3.68. The van der Waals surface area contributed by atoms with Gasteiger partial charge in [-0.15, -0.1) is 19.7 Å². The Morgan fingerprint density at radius 2 is 1.92 bits per heavy atom. The summed E-state index contributed by atoms with van der Waals surface area (Å²) in [6.07, 6.45) is 3.65. The largest absolute Gasteiger partial charge is 0.435 e. The summed E-state index contributed by atoms with van der Waals surface area (Å²) in [6.45, 7) is 13.3. The Balaban J connectivity index is 4.42. The number of rotatable bonds is 7. The maximum Gasteiger partial charge on any atom is 0.409 e. The van der Waals surface area contributed by atoms with Crippen LogP contribution in [0.5, 0.6) is 0 Å². The first-order valence-corrected chi connectivity index (χ1v) is 6.37. The molecule has 6 radical (unpaired) electrons. The maximum atomic E-state index is 5.49. The van der Waals surface area contributed by atoms with E-state index in [1.54, 1.807) is 0 Å². The van der Waals surface area contributed by atoms with Crippen molar-refractivity contribution in [2.75, 3.05) is 0 Å². The smallest absolute Gasteiger partial charge is 0.409 e. The van der Waals surface area contributed by atoms with E-state index in [4.69, 9.17) is 4.12 Å². The van der Waals surface area contributed by atoms with Crippen molar-refractivity contribution in [2.24, 2.45) is 0 Å². The van der Waals surface area contributed by atoms with Gasteiger partial charge in [0.2, 0.25) is 19.5 Å². The normalized spacial score (nSPS) is 11.3. The lowest BCUT2D eigenvalue weighted by molar-refractivity contribution is 0.482. The van der Waals surface area contributed by atoms with E-state index in [2.05, 4.69) is 34.3 Å². The van der Waals surface area contributed by atoms with Crippen LogP contribution in [0.25, 0.3) is 0 Å². The van der Waals surface area contributed by atoms with E-state index >= 15 is 0 Å². The SMILES string of the molecule is C=C[Si](O[Si]O[Si])C(C)(C=C)C=C. The van der Waals surface area contributed by atoms with Gasteiger partial charge in [0.25, 0.3) is 0 Å². The van der Waals surface area contributed by atoms with E-state index in [1.165, 1.54) is 0 Å². The molecule has 0 N–H and O–H groups in total. The van der Waals surface area contributed by atoms with Gasteiger partial charge in [0.05, 0.1) is 0 Å². The summed E-state index contributed by atoms with van der Waals surface area (Å²) in [4.78, 5) is 0. The molecule has 2 nitrogen and oxygen atoms in total. The highest BCUT2D eigenvalue weighted by molar-refractivity contribution is 6.66. The molecular formula is C8H12O2Si3. The van der Waals surface area contributed by atoms with Crippen LogP contribution in [0, 0.1) is 0 Å². The second-order valence-corrected chi connectivity index (χ2v) is 6.56. The molecule has 0 spiro atoms. The van der Waals surface area contributed by atoms with Crippen LogP contribution >= 0.6 is 0 Å².